The summed E-state index contributed by atoms with van der Waals surface area (Å²) in [7, 11) is 0. The van der Waals surface area contributed by atoms with Crippen LogP contribution in [0.1, 0.15) is 15.4 Å². The molecule has 18 heavy (non-hydrogen) atoms. The minimum atomic E-state index is -0.903. The lowest BCUT2D eigenvalue weighted by Gasteiger charge is -2.05. The van der Waals surface area contributed by atoms with Crippen molar-refractivity contribution in [1.82, 2.24) is 9.55 Å². The Labute approximate surface area is 107 Å². The molecule has 2 heterocycles. The van der Waals surface area contributed by atoms with Gasteiger partial charge in [-0.25, -0.2) is 9.78 Å². The lowest BCUT2D eigenvalue weighted by atomic mass is 10.1. The van der Waals surface area contributed by atoms with Crippen LogP contribution in [0.2, 0.25) is 0 Å². The van der Waals surface area contributed by atoms with Gasteiger partial charge in [0.25, 0.3) is 0 Å². The number of aromatic carboxylic acids is 1. The summed E-state index contributed by atoms with van der Waals surface area (Å²) < 4.78 is 1.93. The molecule has 0 saturated heterocycles. The third-order valence-corrected chi connectivity index (χ3v) is 3.57. The van der Waals surface area contributed by atoms with Gasteiger partial charge >= 0.3 is 5.97 Å². The normalized spacial score (nSPS) is 10.9. The van der Waals surface area contributed by atoms with Gasteiger partial charge in [0.2, 0.25) is 0 Å². The fourth-order valence-electron chi connectivity index (χ4n) is 2.04. The molecule has 1 aromatic carbocycles. The second-order valence-corrected chi connectivity index (χ2v) is 4.90. The quantitative estimate of drug-likeness (QED) is 0.786. The highest BCUT2D eigenvalue weighted by atomic mass is 32.1. The molecule has 3 rings (SSSR count). The minimum absolute atomic E-state index is 0.328. The molecular formula is C13H10N2O2S. The fraction of sp³-hybridized carbons (Fsp3) is 0.0769. The van der Waals surface area contributed by atoms with E-state index in [4.69, 9.17) is 0 Å². The first-order chi connectivity index (χ1) is 8.75. The lowest BCUT2D eigenvalue weighted by molar-refractivity contribution is 0.0698. The molecule has 4 nitrogen and oxygen atoms in total. The number of hydrogen-bond acceptors (Lipinski definition) is 3. The summed E-state index contributed by atoms with van der Waals surface area (Å²) in [6.45, 7) is 0.603. The Morgan fingerprint density at radius 3 is 3.00 bits per heavy atom. The number of carbonyl (C=O) groups is 1. The van der Waals surface area contributed by atoms with Crippen molar-refractivity contribution in [3.63, 3.8) is 0 Å². The van der Waals surface area contributed by atoms with Crippen LogP contribution in [0, 0.1) is 0 Å². The topological polar surface area (TPSA) is 55.1 Å². The average molecular weight is 258 g/mol. The Bertz CT molecular complexity index is 701. The number of carboxylic acid groups (broad SMARTS) is 1. The zero-order valence-electron chi connectivity index (χ0n) is 9.41. The van der Waals surface area contributed by atoms with E-state index in [2.05, 4.69) is 4.98 Å². The molecule has 0 aliphatic rings. The van der Waals surface area contributed by atoms with Crippen molar-refractivity contribution < 1.29 is 9.90 Å². The molecule has 0 aliphatic heterocycles. The Hall–Kier alpha value is -2.14. The van der Waals surface area contributed by atoms with Crippen LogP contribution in [0.4, 0.5) is 0 Å². The number of hydrogen-bond donors (Lipinski definition) is 1. The zero-order valence-corrected chi connectivity index (χ0v) is 10.2. The molecule has 0 saturated carbocycles. The minimum Gasteiger partial charge on any atom is -0.478 e. The van der Waals surface area contributed by atoms with Crippen LogP contribution in [-0.4, -0.2) is 20.6 Å². The number of fused-ring (bicyclic) bond motifs is 1. The van der Waals surface area contributed by atoms with Gasteiger partial charge in [-0.05, 0) is 12.1 Å². The molecule has 5 heteroatoms. The Morgan fingerprint density at radius 1 is 1.39 bits per heavy atom. The van der Waals surface area contributed by atoms with E-state index in [9.17, 15) is 9.90 Å². The number of thiazole rings is 1. The van der Waals surface area contributed by atoms with Crippen LogP contribution in [0.3, 0.4) is 0 Å². The van der Waals surface area contributed by atoms with Gasteiger partial charge in [0.05, 0.1) is 17.6 Å². The van der Waals surface area contributed by atoms with Gasteiger partial charge in [0.15, 0.2) is 0 Å². The summed E-state index contributed by atoms with van der Waals surface area (Å²) in [4.78, 5) is 15.5. The Morgan fingerprint density at radius 2 is 2.28 bits per heavy atom. The van der Waals surface area contributed by atoms with Crippen molar-refractivity contribution in [2.24, 2.45) is 0 Å². The van der Waals surface area contributed by atoms with E-state index in [0.717, 1.165) is 15.9 Å². The van der Waals surface area contributed by atoms with Crippen LogP contribution in [0.15, 0.2) is 42.0 Å². The molecule has 0 amide bonds. The van der Waals surface area contributed by atoms with E-state index in [1.807, 2.05) is 28.3 Å². The van der Waals surface area contributed by atoms with Gasteiger partial charge < -0.3 is 9.67 Å². The molecular weight excluding hydrogens is 248 g/mol. The third-order valence-electron chi connectivity index (χ3n) is 2.81. The molecule has 90 valence electrons. The molecule has 3 aromatic rings. The average Bonchev–Trinajstić information content (AvgIpc) is 2.99. The number of benzene rings is 1. The molecule has 0 spiro atoms. The first-order valence-corrected chi connectivity index (χ1v) is 6.33. The molecule has 0 aliphatic carbocycles. The highest BCUT2D eigenvalue weighted by Gasteiger charge is 2.12. The van der Waals surface area contributed by atoms with Crippen LogP contribution in [-0.2, 0) is 6.54 Å². The molecule has 0 fully saturated rings. The maximum Gasteiger partial charge on any atom is 0.337 e. The zero-order chi connectivity index (χ0) is 12.5. The molecule has 0 unspecified atom stereocenters. The summed E-state index contributed by atoms with van der Waals surface area (Å²) in [5, 5.41) is 13.0. The maximum absolute atomic E-state index is 11.2. The summed E-state index contributed by atoms with van der Waals surface area (Å²) in [5.41, 5.74) is 1.08. The van der Waals surface area contributed by atoms with E-state index >= 15 is 0 Å². The van der Waals surface area contributed by atoms with Gasteiger partial charge in [-0.15, -0.1) is 11.3 Å². The van der Waals surface area contributed by atoms with E-state index < -0.39 is 5.97 Å². The first-order valence-electron chi connectivity index (χ1n) is 5.45. The first kappa shape index (κ1) is 11.0. The van der Waals surface area contributed by atoms with Crippen LogP contribution in [0.25, 0.3) is 10.9 Å². The highest BCUT2D eigenvalue weighted by molar-refractivity contribution is 7.09. The number of carboxylic acids is 1. The van der Waals surface area contributed by atoms with Crippen LogP contribution < -0.4 is 0 Å². The predicted octanol–water partition coefficient (Wildman–Crippen LogP) is 2.84. The SMILES string of the molecule is O=C(O)c1cccc2ccn(Cc3nccs3)c12. The monoisotopic (exact) mass is 258 g/mol. The summed E-state index contributed by atoms with van der Waals surface area (Å²) >= 11 is 1.56. The summed E-state index contributed by atoms with van der Waals surface area (Å²) in [6.07, 6.45) is 3.66. The predicted molar refractivity (Wildman–Crippen MR) is 70.1 cm³/mol. The van der Waals surface area contributed by atoms with Crippen LogP contribution >= 0.6 is 11.3 Å². The number of nitrogens with zero attached hydrogens (tertiary/aromatic N) is 2. The molecule has 0 radical (unpaired) electrons. The standard InChI is InChI=1S/C13H10N2O2S/c16-13(17)10-3-1-2-9-4-6-15(12(9)10)8-11-14-5-7-18-11/h1-7H,8H2,(H,16,17). The number of aromatic nitrogens is 2. The summed E-state index contributed by atoms with van der Waals surface area (Å²) in [5.74, 6) is -0.903. The number of para-hydroxylation sites is 1. The van der Waals surface area contributed by atoms with E-state index in [1.165, 1.54) is 0 Å². The van der Waals surface area contributed by atoms with E-state index in [1.54, 1.807) is 29.7 Å². The lowest BCUT2D eigenvalue weighted by Crippen LogP contribution is -2.03. The van der Waals surface area contributed by atoms with Gasteiger partial charge in [-0.2, -0.15) is 0 Å². The molecule has 2 aromatic heterocycles. The number of rotatable bonds is 3. The fourth-order valence-corrected chi connectivity index (χ4v) is 2.66. The van der Waals surface area contributed by atoms with Gasteiger partial charge in [-0.3, -0.25) is 0 Å². The van der Waals surface area contributed by atoms with Crippen molar-refractivity contribution >= 4 is 28.2 Å². The van der Waals surface area contributed by atoms with Crippen molar-refractivity contribution in [2.45, 2.75) is 6.54 Å². The van der Waals surface area contributed by atoms with E-state index in [-0.39, 0.29) is 0 Å². The molecule has 1 N–H and O–H groups in total. The molecule has 0 bridgehead atoms. The van der Waals surface area contributed by atoms with Crippen molar-refractivity contribution in [3.8, 4) is 0 Å². The van der Waals surface area contributed by atoms with Crippen LogP contribution in [0.5, 0.6) is 0 Å². The second kappa shape index (κ2) is 4.27. The van der Waals surface area contributed by atoms with Crippen molar-refractivity contribution in [1.29, 1.82) is 0 Å². The second-order valence-electron chi connectivity index (χ2n) is 3.92. The smallest absolute Gasteiger partial charge is 0.337 e. The summed E-state index contributed by atoms with van der Waals surface area (Å²) in [6, 6.07) is 7.23. The largest absolute Gasteiger partial charge is 0.478 e. The van der Waals surface area contributed by atoms with Gasteiger partial charge in [0, 0.05) is 23.2 Å². The van der Waals surface area contributed by atoms with Crippen molar-refractivity contribution in [2.75, 3.05) is 0 Å². The maximum atomic E-state index is 11.2. The molecule has 0 atom stereocenters. The van der Waals surface area contributed by atoms with E-state index in [0.29, 0.717) is 12.1 Å². The van der Waals surface area contributed by atoms with Crippen molar-refractivity contribution in [3.05, 3.63) is 52.6 Å². The van der Waals surface area contributed by atoms with Gasteiger partial charge in [0.1, 0.15) is 5.01 Å². The van der Waals surface area contributed by atoms with Gasteiger partial charge in [-0.1, -0.05) is 12.1 Å². The third kappa shape index (κ3) is 1.78. The highest BCUT2D eigenvalue weighted by Crippen LogP contribution is 2.22. The Kier molecular flexibility index (Phi) is 2.60. The Balaban J connectivity index is 2.15.